The zero-order chi connectivity index (χ0) is 24.5. The van der Waals surface area contributed by atoms with Crippen molar-refractivity contribution in [2.75, 3.05) is 6.61 Å². The van der Waals surface area contributed by atoms with E-state index in [-0.39, 0.29) is 17.5 Å². The molecule has 1 aliphatic heterocycles. The molecule has 2 aliphatic carbocycles. The second-order valence-electron chi connectivity index (χ2n) is 9.74. The molecular formula is C30H33NO4. The Labute approximate surface area is 207 Å². The summed E-state index contributed by atoms with van der Waals surface area (Å²) in [5, 5.41) is 3.48. The van der Waals surface area contributed by atoms with Gasteiger partial charge in [-0.2, -0.15) is 0 Å². The minimum atomic E-state index is -0.338. The third kappa shape index (κ3) is 4.52. The van der Waals surface area contributed by atoms with Crippen LogP contribution in [-0.4, -0.2) is 18.2 Å². The number of ketones is 2. The molecule has 0 amide bonds. The molecule has 5 nitrogen and oxygen atoms in total. The smallest absolute Gasteiger partial charge is 0.161 e. The maximum atomic E-state index is 13.1. The number of carbonyl (C=O) groups is 2. The highest BCUT2D eigenvalue weighted by Crippen LogP contribution is 2.46. The van der Waals surface area contributed by atoms with Gasteiger partial charge in [-0.25, -0.2) is 0 Å². The molecule has 0 unspecified atom stereocenters. The number of ether oxygens (including phenoxy) is 2. The molecule has 0 radical (unpaired) electrons. The van der Waals surface area contributed by atoms with Crippen LogP contribution in [-0.2, 0) is 16.2 Å². The summed E-state index contributed by atoms with van der Waals surface area (Å²) in [4.78, 5) is 26.2. The zero-order valence-electron chi connectivity index (χ0n) is 20.8. The van der Waals surface area contributed by atoms with Crippen molar-refractivity contribution in [2.45, 2.75) is 71.8 Å². The van der Waals surface area contributed by atoms with E-state index in [1.54, 1.807) is 0 Å². The molecule has 0 fully saturated rings. The van der Waals surface area contributed by atoms with E-state index in [4.69, 9.17) is 9.47 Å². The van der Waals surface area contributed by atoms with Gasteiger partial charge >= 0.3 is 0 Å². The maximum absolute atomic E-state index is 13.1. The first-order valence-corrected chi connectivity index (χ1v) is 12.7. The SMILES string of the molecule is CCOc1cc(C2C3=C(CCCC3=O)NC3=C2C(=O)CCC3)ccc1OCc1ccc(C)c(C)c1. The Balaban J connectivity index is 1.51. The van der Waals surface area contributed by atoms with Crippen molar-refractivity contribution in [1.29, 1.82) is 0 Å². The molecule has 0 spiro atoms. The molecule has 3 aliphatic rings. The summed E-state index contributed by atoms with van der Waals surface area (Å²) in [5.74, 6) is 1.25. The van der Waals surface area contributed by atoms with E-state index in [9.17, 15) is 9.59 Å². The minimum Gasteiger partial charge on any atom is -0.490 e. The van der Waals surface area contributed by atoms with Crippen LogP contribution in [0, 0.1) is 13.8 Å². The summed E-state index contributed by atoms with van der Waals surface area (Å²) in [7, 11) is 0. The Bertz CT molecular complexity index is 1210. The highest BCUT2D eigenvalue weighted by atomic mass is 16.5. The molecule has 0 bridgehead atoms. The predicted molar refractivity (Wildman–Crippen MR) is 136 cm³/mol. The Kier molecular flexibility index (Phi) is 6.50. The third-order valence-electron chi connectivity index (χ3n) is 7.36. The number of Topliss-reactive ketones (excluding diaryl/α,β-unsaturated/α-hetero) is 2. The van der Waals surface area contributed by atoms with Crippen LogP contribution in [0.5, 0.6) is 11.5 Å². The lowest BCUT2D eigenvalue weighted by molar-refractivity contribution is -0.116. The lowest BCUT2D eigenvalue weighted by Gasteiger charge is -2.37. The van der Waals surface area contributed by atoms with Crippen LogP contribution < -0.4 is 14.8 Å². The normalized spacial score (nSPS) is 18.3. The second-order valence-corrected chi connectivity index (χ2v) is 9.74. The van der Waals surface area contributed by atoms with E-state index in [1.165, 1.54) is 11.1 Å². The summed E-state index contributed by atoms with van der Waals surface area (Å²) < 4.78 is 12.2. The number of benzene rings is 2. The van der Waals surface area contributed by atoms with E-state index in [0.29, 0.717) is 37.6 Å². The van der Waals surface area contributed by atoms with Gasteiger partial charge in [-0.15, -0.1) is 0 Å². The molecule has 0 aromatic heterocycles. The van der Waals surface area contributed by atoms with Crippen molar-refractivity contribution >= 4 is 11.6 Å². The van der Waals surface area contributed by atoms with E-state index in [1.807, 2.05) is 25.1 Å². The van der Waals surface area contributed by atoms with Gasteiger partial charge < -0.3 is 14.8 Å². The van der Waals surface area contributed by atoms with Crippen molar-refractivity contribution in [3.63, 3.8) is 0 Å². The summed E-state index contributed by atoms with van der Waals surface area (Å²) >= 11 is 0. The van der Waals surface area contributed by atoms with Crippen molar-refractivity contribution in [2.24, 2.45) is 0 Å². The van der Waals surface area contributed by atoms with Crippen LogP contribution in [0.2, 0.25) is 0 Å². The summed E-state index contributed by atoms with van der Waals surface area (Å²) in [6.07, 6.45) is 4.45. The van der Waals surface area contributed by atoms with Gasteiger partial charge in [0.15, 0.2) is 23.1 Å². The van der Waals surface area contributed by atoms with E-state index in [2.05, 4.69) is 37.4 Å². The summed E-state index contributed by atoms with van der Waals surface area (Å²) in [6.45, 7) is 7.08. The number of hydrogen-bond donors (Lipinski definition) is 1. The lowest BCUT2D eigenvalue weighted by Crippen LogP contribution is -2.36. The first-order chi connectivity index (χ1) is 17.0. The second kappa shape index (κ2) is 9.73. The van der Waals surface area contributed by atoms with Gasteiger partial charge in [-0.05, 0) is 80.8 Å². The van der Waals surface area contributed by atoms with Crippen molar-refractivity contribution in [3.8, 4) is 11.5 Å². The number of carbonyl (C=O) groups excluding carboxylic acids is 2. The molecule has 35 heavy (non-hydrogen) atoms. The first kappa shape index (κ1) is 23.4. The van der Waals surface area contributed by atoms with Gasteiger partial charge in [0.25, 0.3) is 0 Å². The summed E-state index contributed by atoms with van der Waals surface area (Å²) in [5.41, 5.74) is 8.02. The monoisotopic (exact) mass is 471 g/mol. The maximum Gasteiger partial charge on any atom is 0.161 e. The molecule has 0 saturated heterocycles. The number of rotatable bonds is 6. The van der Waals surface area contributed by atoms with Crippen molar-refractivity contribution in [1.82, 2.24) is 5.32 Å². The number of dihydropyridines is 1. The fraction of sp³-hybridized carbons (Fsp3) is 0.400. The highest BCUT2D eigenvalue weighted by molar-refractivity contribution is 6.06. The summed E-state index contributed by atoms with van der Waals surface area (Å²) in [6, 6.07) is 12.2. The zero-order valence-corrected chi connectivity index (χ0v) is 20.8. The Morgan fingerprint density at radius 2 is 1.49 bits per heavy atom. The van der Waals surface area contributed by atoms with E-state index in [0.717, 1.165) is 59.4 Å². The van der Waals surface area contributed by atoms with E-state index >= 15 is 0 Å². The van der Waals surface area contributed by atoms with Crippen LogP contribution >= 0.6 is 0 Å². The van der Waals surface area contributed by atoms with Crippen LogP contribution in [0.25, 0.3) is 0 Å². The topological polar surface area (TPSA) is 64.6 Å². The Morgan fingerprint density at radius 3 is 2.11 bits per heavy atom. The molecule has 2 aromatic rings. The molecule has 0 atom stereocenters. The number of nitrogens with one attached hydrogen (secondary N) is 1. The largest absolute Gasteiger partial charge is 0.490 e. The average molecular weight is 472 g/mol. The van der Waals surface area contributed by atoms with Crippen LogP contribution in [0.3, 0.4) is 0 Å². The molecule has 2 aromatic carbocycles. The van der Waals surface area contributed by atoms with Gasteiger partial charge in [0, 0.05) is 41.3 Å². The number of allylic oxidation sites excluding steroid dienone is 4. The average Bonchev–Trinajstić information content (AvgIpc) is 2.84. The van der Waals surface area contributed by atoms with Crippen molar-refractivity contribution in [3.05, 3.63) is 81.2 Å². The quantitative estimate of drug-likeness (QED) is 0.561. The fourth-order valence-electron chi connectivity index (χ4n) is 5.46. The fourth-order valence-corrected chi connectivity index (χ4v) is 5.46. The van der Waals surface area contributed by atoms with Crippen LogP contribution in [0.1, 0.15) is 73.6 Å². The van der Waals surface area contributed by atoms with Crippen LogP contribution in [0.15, 0.2) is 58.9 Å². The lowest BCUT2D eigenvalue weighted by atomic mass is 9.71. The molecule has 5 rings (SSSR count). The van der Waals surface area contributed by atoms with Gasteiger partial charge in [0.05, 0.1) is 6.61 Å². The van der Waals surface area contributed by atoms with Crippen molar-refractivity contribution < 1.29 is 19.1 Å². The minimum absolute atomic E-state index is 0.140. The molecule has 1 heterocycles. The standard InChI is InChI=1S/C30H33NO4/c1-4-34-27-16-21(13-14-26(27)35-17-20-12-11-18(2)19(3)15-20)28-29-22(7-5-9-24(29)32)31-23-8-6-10-25(33)30(23)28/h11-16,28,31H,4-10,17H2,1-3H3. The predicted octanol–water partition coefficient (Wildman–Crippen LogP) is 5.98. The number of hydrogen-bond acceptors (Lipinski definition) is 5. The van der Waals surface area contributed by atoms with E-state index < -0.39 is 0 Å². The van der Waals surface area contributed by atoms with Gasteiger partial charge in [-0.3, -0.25) is 9.59 Å². The van der Waals surface area contributed by atoms with Gasteiger partial charge in [-0.1, -0.05) is 24.3 Å². The molecular weight excluding hydrogens is 438 g/mol. The molecule has 5 heteroatoms. The molecule has 1 N–H and O–H groups in total. The van der Waals surface area contributed by atoms with Gasteiger partial charge in [0.1, 0.15) is 6.61 Å². The third-order valence-corrected chi connectivity index (χ3v) is 7.36. The first-order valence-electron chi connectivity index (χ1n) is 12.7. The molecule has 0 saturated carbocycles. The van der Waals surface area contributed by atoms with Gasteiger partial charge in [0.2, 0.25) is 0 Å². The Morgan fingerprint density at radius 1 is 0.800 bits per heavy atom. The highest BCUT2D eigenvalue weighted by Gasteiger charge is 2.40. The molecule has 182 valence electrons. The number of aryl methyl sites for hydroxylation is 2. The van der Waals surface area contributed by atoms with Crippen LogP contribution in [0.4, 0.5) is 0 Å². The Hall–Kier alpha value is -3.34.